The van der Waals surface area contributed by atoms with Crippen molar-refractivity contribution in [3.05, 3.63) is 79.8 Å². The van der Waals surface area contributed by atoms with Crippen LogP contribution in [0.5, 0.6) is 0 Å². The van der Waals surface area contributed by atoms with Crippen molar-refractivity contribution in [2.75, 3.05) is 0 Å². The van der Waals surface area contributed by atoms with Gasteiger partial charge in [-0.25, -0.2) is 0 Å². The molecule has 0 radical (unpaired) electrons. The first-order chi connectivity index (χ1) is 12.4. The molecule has 2 aromatic heterocycles. The highest BCUT2D eigenvalue weighted by Gasteiger charge is 2.12. The predicted molar refractivity (Wildman–Crippen MR) is 96.5 cm³/mol. The second-order valence-corrected chi connectivity index (χ2v) is 6.45. The Morgan fingerprint density at radius 2 is 1.92 bits per heavy atom. The lowest BCUT2D eigenvalue weighted by Crippen LogP contribution is -2.24. The highest BCUT2D eigenvalue weighted by Crippen LogP contribution is 2.12. The molecule has 134 valence electrons. The number of rotatable bonds is 6. The lowest BCUT2D eigenvalue weighted by Gasteiger charge is -2.05. The van der Waals surface area contributed by atoms with Crippen LogP contribution in [0.2, 0.25) is 10.0 Å². The fourth-order valence-electron chi connectivity index (χ4n) is 2.36. The quantitative estimate of drug-likeness (QED) is 0.693. The van der Waals surface area contributed by atoms with E-state index >= 15 is 0 Å². The number of halogens is 2. The molecule has 3 rings (SSSR count). The Bertz CT molecular complexity index is 996. The highest BCUT2D eigenvalue weighted by molar-refractivity contribution is 6.31. The van der Waals surface area contributed by atoms with E-state index in [9.17, 15) is 9.59 Å². The molecule has 0 spiro atoms. The number of benzene rings is 1. The van der Waals surface area contributed by atoms with Gasteiger partial charge in [-0.1, -0.05) is 40.5 Å². The summed E-state index contributed by atoms with van der Waals surface area (Å²) in [5.41, 5.74) is 5.97. The average molecular weight is 393 g/mol. The molecule has 7 nitrogen and oxygen atoms in total. The fraction of sp³-hybridized carbons (Fsp3) is 0.176. The first-order valence-corrected chi connectivity index (χ1v) is 8.43. The molecule has 3 aromatic rings. The molecule has 1 aromatic carbocycles. The van der Waals surface area contributed by atoms with Crippen LogP contribution in [0.1, 0.15) is 27.6 Å². The van der Waals surface area contributed by atoms with Gasteiger partial charge in [0.1, 0.15) is 11.6 Å². The minimum Gasteiger partial charge on any atom is -0.366 e. The number of carbonyl (C=O) groups is 1. The lowest BCUT2D eigenvalue weighted by atomic mass is 10.1. The first kappa shape index (κ1) is 18.2. The Morgan fingerprint density at radius 3 is 2.62 bits per heavy atom. The van der Waals surface area contributed by atoms with E-state index in [0.717, 1.165) is 12.0 Å². The molecule has 0 fully saturated rings. The number of nitrogens with zero attached hydrogens (tertiary/aromatic N) is 3. The summed E-state index contributed by atoms with van der Waals surface area (Å²) in [7, 11) is 0. The summed E-state index contributed by atoms with van der Waals surface area (Å²) in [6.45, 7) is -0.00633. The number of aromatic nitrogens is 3. The summed E-state index contributed by atoms with van der Waals surface area (Å²) < 4.78 is 6.38. The van der Waals surface area contributed by atoms with Gasteiger partial charge in [-0.2, -0.15) is 4.98 Å². The Labute approximate surface area is 158 Å². The zero-order valence-corrected chi connectivity index (χ0v) is 15.0. The third kappa shape index (κ3) is 4.30. The number of amides is 1. The van der Waals surface area contributed by atoms with E-state index in [1.165, 1.54) is 16.8 Å². The van der Waals surface area contributed by atoms with Crippen molar-refractivity contribution in [2.24, 2.45) is 5.73 Å². The topological polar surface area (TPSA) is 104 Å². The molecule has 0 atom stereocenters. The van der Waals surface area contributed by atoms with Crippen LogP contribution >= 0.6 is 23.2 Å². The number of aryl methyl sites for hydroxylation is 2. The number of nitrogens with two attached hydrogens (primary N) is 1. The van der Waals surface area contributed by atoms with Gasteiger partial charge in [0.05, 0.1) is 5.56 Å². The van der Waals surface area contributed by atoms with E-state index < -0.39 is 11.5 Å². The van der Waals surface area contributed by atoms with Crippen LogP contribution in [0.4, 0.5) is 0 Å². The van der Waals surface area contributed by atoms with Crippen LogP contribution in [-0.2, 0) is 19.4 Å². The minimum atomic E-state index is -0.685. The van der Waals surface area contributed by atoms with Gasteiger partial charge in [-0.3, -0.25) is 9.59 Å². The largest absolute Gasteiger partial charge is 0.366 e. The fourth-order valence-corrected chi connectivity index (χ4v) is 2.71. The van der Waals surface area contributed by atoms with Crippen LogP contribution in [0.15, 0.2) is 45.8 Å². The Kier molecular flexibility index (Phi) is 5.39. The highest BCUT2D eigenvalue weighted by atomic mass is 35.5. The lowest BCUT2D eigenvalue weighted by molar-refractivity contribution is 0.0999. The molecule has 0 saturated heterocycles. The van der Waals surface area contributed by atoms with Gasteiger partial charge in [0.15, 0.2) is 5.82 Å². The Morgan fingerprint density at radius 1 is 1.19 bits per heavy atom. The maximum absolute atomic E-state index is 12.1. The number of hydrogen-bond donors (Lipinski definition) is 1. The van der Waals surface area contributed by atoms with Gasteiger partial charge < -0.3 is 14.8 Å². The second kappa shape index (κ2) is 7.72. The molecule has 9 heteroatoms. The van der Waals surface area contributed by atoms with Crippen LogP contribution in [0, 0.1) is 0 Å². The summed E-state index contributed by atoms with van der Waals surface area (Å²) in [5.74, 6) is 0.0610. The number of pyridine rings is 1. The second-order valence-electron chi connectivity index (χ2n) is 5.60. The van der Waals surface area contributed by atoms with Crippen LogP contribution < -0.4 is 11.3 Å². The minimum absolute atomic E-state index is 0.00633. The van der Waals surface area contributed by atoms with Crippen molar-refractivity contribution in [2.45, 2.75) is 19.4 Å². The van der Waals surface area contributed by atoms with Crippen molar-refractivity contribution in [1.29, 1.82) is 0 Å². The standard InChI is InChI=1S/C17H14Cl2N4O3/c18-12-4-1-10(2-5-12)3-6-14-21-15(26-22-14)9-23-8-11(16(20)24)7-13(19)17(23)25/h1-2,4-5,7-8H,3,6,9H2,(H2,20,24). The van der Waals surface area contributed by atoms with E-state index in [1.54, 1.807) is 0 Å². The molecular formula is C17H14Cl2N4O3. The molecule has 0 saturated carbocycles. The van der Waals surface area contributed by atoms with Gasteiger partial charge in [0.2, 0.25) is 11.8 Å². The van der Waals surface area contributed by atoms with Crippen molar-refractivity contribution < 1.29 is 9.32 Å². The van der Waals surface area contributed by atoms with Gasteiger partial charge in [-0.05, 0) is 30.2 Å². The van der Waals surface area contributed by atoms with Crippen LogP contribution in [0.3, 0.4) is 0 Å². The molecule has 0 bridgehead atoms. The SMILES string of the molecule is NC(=O)c1cc(Cl)c(=O)n(Cc2nc(CCc3ccc(Cl)cc3)no2)c1. The molecule has 0 aliphatic rings. The molecule has 0 aliphatic heterocycles. The van der Waals surface area contributed by atoms with Crippen molar-refractivity contribution in [3.63, 3.8) is 0 Å². The van der Waals surface area contributed by atoms with E-state index in [4.69, 9.17) is 33.5 Å². The van der Waals surface area contributed by atoms with Crippen molar-refractivity contribution in [1.82, 2.24) is 14.7 Å². The third-order valence-corrected chi connectivity index (χ3v) is 4.22. The van der Waals surface area contributed by atoms with Crippen LogP contribution in [-0.4, -0.2) is 20.6 Å². The normalized spacial score (nSPS) is 10.8. The molecule has 1 amide bonds. The maximum atomic E-state index is 12.1. The van der Waals surface area contributed by atoms with E-state index in [1.807, 2.05) is 24.3 Å². The molecular weight excluding hydrogens is 379 g/mol. The van der Waals surface area contributed by atoms with Gasteiger partial charge in [0.25, 0.3) is 5.56 Å². The first-order valence-electron chi connectivity index (χ1n) is 7.68. The van der Waals surface area contributed by atoms with E-state index in [2.05, 4.69) is 10.1 Å². The predicted octanol–water partition coefficient (Wildman–Crippen LogP) is 2.47. The zero-order chi connectivity index (χ0) is 18.7. The number of hydrogen-bond acceptors (Lipinski definition) is 5. The summed E-state index contributed by atoms with van der Waals surface area (Å²) in [6.07, 6.45) is 2.61. The summed E-state index contributed by atoms with van der Waals surface area (Å²) >= 11 is 11.7. The Balaban J connectivity index is 1.71. The van der Waals surface area contributed by atoms with E-state index in [0.29, 0.717) is 17.3 Å². The van der Waals surface area contributed by atoms with Crippen molar-refractivity contribution in [3.8, 4) is 0 Å². The molecule has 0 aliphatic carbocycles. The summed E-state index contributed by atoms with van der Waals surface area (Å²) in [6, 6.07) is 8.73. The van der Waals surface area contributed by atoms with Crippen LogP contribution in [0.25, 0.3) is 0 Å². The van der Waals surface area contributed by atoms with Crippen molar-refractivity contribution >= 4 is 29.1 Å². The molecule has 2 heterocycles. The van der Waals surface area contributed by atoms with Gasteiger partial charge in [-0.15, -0.1) is 0 Å². The summed E-state index contributed by atoms with van der Waals surface area (Å²) in [5, 5.41) is 4.47. The zero-order valence-electron chi connectivity index (χ0n) is 13.5. The van der Waals surface area contributed by atoms with Gasteiger partial charge >= 0.3 is 0 Å². The average Bonchev–Trinajstić information content (AvgIpc) is 3.05. The monoisotopic (exact) mass is 392 g/mol. The molecule has 2 N–H and O–H groups in total. The summed E-state index contributed by atoms with van der Waals surface area (Å²) in [4.78, 5) is 27.6. The molecule has 0 unspecified atom stereocenters. The smallest absolute Gasteiger partial charge is 0.269 e. The third-order valence-electron chi connectivity index (χ3n) is 3.69. The molecule has 26 heavy (non-hydrogen) atoms. The number of carbonyl (C=O) groups excluding carboxylic acids is 1. The van der Waals surface area contributed by atoms with Gasteiger partial charge in [0, 0.05) is 17.6 Å². The van der Waals surface area contributed by atoms with E-state index in [-0.39, 0.29) is 23.0 Å². The number of primary amides is 1. The maximum Gasteiger partial charge on any atom is 0.269 e. The Hall–Kier alpha value is -2.64.